The van der Waals surface area contributed by atoms with Gasteiger partial charge in [-0.1, -0.05) is 18.2 Å². The van der Waals surface area contributed by atoms with E-state index in [2.05, 4.69) is 15.0 Å². The van der Waals surface area contributed by atoms with E-state index in [-0.39, 0.29) is 23.8 Å². The van der Waals surface area contributed by atoms with Gasteiger partial charge in [-0.05, 0) is 49.4 Å². The summed E-state index contributed by atoms with van der Waals surface area (Å²) in [5.41, 5.74) is 8.50. The second kappa shape index (κ2) is 9.99. The molecule has 0 bridgehead atoms. The van der Waals surface area contributed by atoms with E-state index in [1.165, 1.54) is 12.1 Å². The fourth-order valence-corrected chi connectivity index (χ4v) is 4.54. The Labute approximate surface area is 196 Å². The van der Waals surface area contributed by atoms with Gasteiger partial charge >= 0.3 is 0 Å². The van der Waals surface area contributed by atoms with Gasteiger partial charge in [0.25, 0.3) is 5.69 Å². The summed E-state index contributed by atoms with van der Waals surface area (Å²) in [6.07, 6.45) is 0.384. The van der Waals surface area contributed by atoms with Crippen molar-refractivity contribution in [2.45, 2.75) is 6.42 Å². The number of nitrogens with zero attached hydrogens (tertiary/aromatic N) is 2. The first kappa shape index (κ1) is 24.2. The second-order valence-electron chi connectivity index (χ2n) is 7.23. The first-order valence-electron chi connectivity index (χ1n) is 9.91. The molecule has 4 N–H and O–H groups in total. The van der Waals surface area contributed by atoms with Crippen molar-refractivity contribution < 1.29 is 13.3 Å². The van der Waals surface area contributed by atoms with Gasteiger partial charge in [-0.3, -0.25) is 14.8 Å². The van der Waals surface area contributed by atoms with Crippen LogP contribution in [0.1, 0.15) is 6.42 Å². The molecule has 3 aromatic carbocycles. The topological polar surface area (TPSA) is 140 Å². The van der Waals surface area contributed by atoms with E-state index in [1.54, 1.807) is 30.3 Å². The molecule has 4 rings (SSSR count). The summed E-state index contributed by atoms with van der Waals surface area (Å²) in [6, 6.07) is 18.9. The maximum atomic E-state index is 12.1. The van der Waals surface area contributed by atoms with Crippen molar-refractivity contribution in [1.29, 1.82) is 0 Å². The molecule has 11 heteroatoms. The molecule has 0 saturated carbocycles. The zero-order valence-electron chi connectivity index (χ0n) is 17.4. The lowest BCUT2D eigenvalue weighted by Crippen LogP contribution is -2.18. The highest BCUT2D eigenvalue weighted by Gasteiger charge is 2.14. The molecule has 0 spiro atoms. The number of hydrogen-bond donors (Lipinski definition) is 3. The molecule has 172 valence electrons. The predicted octanol–water partition coefficient (Wildman–Crippen LogP) is 4.55. The number of halogens is 1. The summed E-state index contributed by atoms with van der Waals surface area (Å²) in [4.78, 5) is 15.3. The number of sulfonamides is 1. The maximum Gasteiger partial charge on any atom is 0.271 e. The fourth-order valence-electron chi connectivity index (χ4n) is 3.40. The molecule has 9 nitrogen and oxygen atoms in total. The zero-order chi connectivity index (χ0) is 22.7. The number of nitro groups is 1. The third-order valence-electron chi connectivity index (χ3n) is 4.92. The highest BCUT2D eigenvalue weighted by atomic mass is 35.5. The minimum absolute atomic E-state index is 0. The normalized spacial score (nSPS) is 11.2. The van der Waals surface area contributed by atoms with Crippen LogP contribution in [0.25, 0.3) is 21.8 Å². The first-order chi connectivity index (χ1) is 15.4. The lowest BCUT2D eigenvalue weighted by molar-refractivity contribution is -0.384. The molecule has 33 heavy (non-hydrogen) atoms. The molecule has 0 aliphatic rings. The summed E-state index contributed by atoms with van der Waals surface area (Å²) in [5.74, 6) is -0.0371. The average molecular weight is 488 g/mol. The maximum absolute atomic E-state index is 12.1. The quantitative estimate of drug-likeness (QED) is 0.188. The number of anilines is 3. The summed E-state index contributed by atoms with van der Waals surface area (Å²) in [6.45, 7) is 0.306. The largest absolute Gasteiger partial charge is 0.354 e. The minimum atomic E-state index is -3.45. The lowest BCUT2D eigenvalue weighted by atomic mass is 10.1. The van der Waals surface area contributed by atoms with Crippen LogP contribution in [0.15, 0.2) is 66.7 Å². The molecule has 1 aromatic heterocycles. The molecular weight excluding hydrogens is 466 g/mol. The average Bonchev–Trinajstić information content (AvgIpc) is 2.78. The molecule has 0 atom stereocenters. The smallest absolute Gasteiger partial charge is 0.271 e. The Kier molecular flexibility index (Phi) is 7.32. The Bertz CT molecular complexity index is 1410. The van der Waals surface area contributed by atoms with Crippen LogP contribution in [0.5, 0.6) is 0 Å². The van der Waals surface area contributed by atoms with E-state index in [0.717, 1.165) is 22.1 Å². The number of fused-ring (bicyclic) bond motifs is 2. The number of nitro benzene ring substituents is 1. The second-order valence-corrected chi connectivity index (χ2v) is 9.07. The van der Waals surface area contributed by atoms with Crippen molar-refractivity contribution >= 4 is 67.0 Å². The number of aromatic nitrogens is 1. The van der Waals surface area contributed by atoms with E-state index < -0.39 is 14.9 Å². The standard InChI is InChI=1S/C22H21N5O4S.ClH/c23-12-3-13-32(30,31)26-16-8-6-15(7-9-16)24-22-18-4-1-2-5-20(18)25-21-14-17(27(28)29)10-11-19(21)22;/h1-2,4-11,14,26H,3,12-13,23H2,(H,24,25);1H. The first-order valence-corrected chi connectivity index (χ1v) is 11.6. The number of rotatable bonds is 8. The van der Waals surface area contributed by atoms with Crippen molar-refractivity contribution in [1.82, 2.24) is 4.98 Å². The van der Waals surface area contributed by atoms with Crippen LogP contribution in [0, 0.1) is 10.1 Å². The van der Waals surface area contributed by atoms with Crippen LogP contribution in [0.2, 0.25) is 0 Å². The van der Waals surface area contributed by atoms with E-state index in [9.17, 15) is 18.5 Å². The van der Waals surface area contributed by atoms with Crippen molar-refractivity contribution in [3.05, 3.63) is 76.8 Å². The molecule has 0 unspecified atom stereocenters. The van der Waals surface area contributed by atoms with Crippen LogP contribution in [0.3, 0.4) is 0 Å². The number of para-hydroxylation sites is 1. The van der Waals surface area contributed by atoms with Gasteiger partial charge in [0.1, 0.15) is 0 Å². The monoisotopic (exact) mass is 487 g/mol. The van der Waals surface area contributed by atoms with Gasteiger partial charge in [0.05, 0.1) is 27.4 Å². The van der Waals surface area contributed by atoms with Gasteiger partial charge in [0, 0.05) is 34.3 Å². The lowest BCUT2D eigenvalue weighted by Gasteiger charge is -2.14. The van der Waals surface area contributed by atoms with Crippen LogP contribution in [0.4, 0.5) is 22.7 Å². The number of hydrogen-bond acceptors (Lipinski definition) is 7. The highest BCUT2D eigenvalue weighted by Crippen LogP contribution is 2.34. The molecule has 0 aliphatic carbocycles. The Balaban J connectivity index is 0.00000306. The number of pyridine rings is 1. The molecule has 0 saturated heterocycles. The minimum Gasteiger partial charge on any atom is -0.354 e. The van der Waals surface area contributed by atoms with E-state index in [0.29, 0.717) is 29.7 Å². The van der Waals surface area contributed by atoms with E-state index in [4.69, 9.17) is 5.73 Å². The summed E-state index contributed by atoms with van der Waals surface area (Å²) in [7, 11) is -3.45. The van der Waals surface area contributed by atoms with Gasteiger partial charge < -0.3 is 11.1 Å². The van der Waals surface area contributed by atoms with Crippen LogP contribution in [-0.4, -0.2) is 30.6 Å². The van der Waals surface area contributed by atoms with Gasteiger partial charge in [-0.2, -0.15) is 0 Å². The molecule has 1 heterocycles. The van der Waals surface area contributed by atoms with Crippen molar-refractivity contribution in [2.24, 2.45) is 5.73 Å². The Morgan fingerprint density at radius 2 is 1.61 bits per heavy atom. The zero-order valence-corrected chi connectivity index (χ0v) is 19.0. The third kappa shape index (κ3) is 5.48. The predicted molar refractivity (Wildman–Crippen MR) is 134 cm³/mol. The SMILES string of the molecule is Cl.NCCCS(=O)(=O)Nc1ccc(Nc2c3ccccc3nc3cc([N+](=O)[O-])ccc23)cc1. The number of benzene rings is 3. The highest BCUT2D eigenvalue weighted by molar-refractivity contribution is 7.92. The molecule has 0 fully saturated rings. The van der Waals surface area contributed by atoms with Crippen LogP contribution < -0.4 is 15.8 Å². The van der Waals surface area contributed by atoms with Gasteiger partial charge in [0.2, 0.25) is 10.0 Å². The molecule has 4 aromatic rings. The van der Waals surface area contributed by atoms with Gasteiger partial charge in [-0.25, -0.2) is 13.4 Å². The number of nitrogens with two attached hydrogens (primary N) is 1. The van der Waals surface area contributed by atoms with Crippen molar-refractivity contribution in [2.75, 3.05) is 22.3 Å². The van der Waals surface area contributed by atoms with Crippen molar-refractivity contribution in [3.63, 3.8) is 0 Å². The molecule has 0 radical (unpaired) electrons. The van der Waals surface area contributed by atoms with Gasteiger partial charge in [0.15, 0.2) is 0 Å². The summed E-state index contributed by atoms with van der Waals surface area (Å²) >= 11 is 0. The fraction of sp³-hybridized carbons (Fsp3) is 0.136. The molecule has 0 amide bonds. The summed E-state index contributed by atoms with van der Waals surface area (Å²) < 4.78 is 26.7. The summed E-state index contributed by atoms with van der Waals surface area (Å²) in [5, 5.41) is 16.1. The van der Waals surface area contributed by atoms with Crippen molar-refractivity contribution in [3.8, 4) is 0 Å². The van der Waals surface area contributed by atoms with Crippen LogP contribution in [-0.2, 0) is 10.0 Å². The molecule has 0 aliphatic heterocycles. The Morgan fingerprint density at radius 3 is 2.30 bits per heavy atom. The van der Waals surface area contributed by atoms with Crippen LogP contribution >= 0.6 is 12.4 Å². The number of non-ortho nitro benzene ring substituents is 1. The molecular formula is C22H22ClN5O4S. The number of nitrogens with one attached hydrogen (secondary N) is 2. The van der Waals surface area contributed by atoms with E-state index in [1.807, 2.05) is 24.3 Å². The Hall–Kier alpha value is -3.47. The Morgan fingerprint density at radius 1 is 0.939 bits per heavy atom. The third-order valence-corrected chi connectivity index (χ3v) is 6.29. The van der Waals surface area contributed by atoms with E-state index >= 15 is 0 Å². The van der Waals surface area contributed by atoms with Gasteiger partial charge in [-0.15, -0.1) is 12.4 Å².